The number of carbonyl (C=O) groups is 1. The maximum absolute atomic E-state index is 12.4. The third-order valence-electron chi connectivity index (χ3n) is 4.47. The summed E-state index contributed by atoms with van der Waals surface area (Å²) in [5.74, 6) is 1.13. The van der Waals surface area contributed by atoms with E-state index in [0.717, 1.165) is 23.2 Å². The number of ether oxygens (including phenoxy) is 2. The molecular weight excluding hydrogens is 384 g/mol. The van der Waals surface area contributed by atoms with Crippen LogP contribution < -0.4 is 14.8 Å². The lowest BCUT2D eigenvalue weighted by Crippen LogP contribution is -2.19. The molecule has 3 rings (SSSR count). The summed E-state index contributed by atoms with van der Waals surface area (Å²) in [7, 11) is 3.21. The van der Waals surface area contributed by atoms with Crippen molar-refractivity contribution in [2.75, 3.05) is 14.2 Å². The number of allylic oxidation sites excluding steroid dienone is 1. The van der Waals surface area contributed by atoms with Gasteiger partial charge in [0.25, 0.3) is 5.91 Å². The zero-order valence-electron chi connectivity index (χ0n) is 16.8. The van der Waals surface area contributed by atoms with Crippen molar-refractivity contribution in [3.8, 4) is 11.5 Å². The van der Waals surface area contributed by atoms with Gasteiger partial charge in [0, 0.05) is 5.56 Å². The number of methoxy groups -OCH3 is 2. The molecule has 0 bridgehead atoms. The first kappa shape index (κ1) is 20.7. The predicted molar refractivity (Wildman–Crippen MR) is 120 cm³/mol. The van der Waals surface area contributed by atoms with Crippen LogP contribution in [0.15, 0.2) is 59.0 Å². The van der Waals surface area contributed by atoms with E-state index in [9.17, 15) is 4.79 Å². The van der Waals surface area contributed by atoms with Crippen LogP contribution in [0.4, 0.5) is 5.69 Å². The number of benzene rings is 2. The Morgan fingerprint density at radius 2 is 1.93 bits per heavy atom. The summed E-state index contributed by atoms with van der Waals surface area (Å²) in [5.41, 5.74) is 3.86. The van der Waals surface area contributed by atoms with E-state index in [1.165, 1.54) is 17.3 Å². The molecule has 1 N–H and O–H groups in total. The molecule has 2 aromatic carbocycles. The van der Waals surface area contributed by atoms with Crippen molar-refractivity contribution >= 4 is 34.6 Å². The van der Waals surface area contributed by atoms with Crippen molar-refractivity contribution in [3.63, 3.8) is 0 Å². The quantitative estimate of drug-likeness (QED) is 0.524. The largest absolute Gasteiger partial charge is 0.493 e. The molecule has 0 aliphatic carbocycles. The van der Waals surface area contributed by atoms with E-state index in [4.69, 9.17) is 9.47 Å². The number of amides is 1. The monoisotopic (exact) mass is 408 g/mol. The molecule has 0 saturated carbocycles. The number of nitrogens with one attached hydrogen (secondary N) is 1. The second kappa shape index (κ2) is 9.47. The van der Waals surface area contributed by atoms with Gasteiger partial charge in [-0.2, -0.15) is 0 Å². The van der Waals surface area contributed by atoms with Crippen LogP contribution in [0.1, 0.15) is 23.6 Å². The average molecular weight is 409 g/mol. The highest BCUT2D eigenvalue weighted by molar-refractivity contribution is 8.18. The molecule has 1 aliphatic rings. The van der Waals surface area contributed by atoms with Crippen LogP contribution in [0.3, 0.4) is 0 Å². The number of hydrogen-bond acceptors (Lipinski definition) is 5. The number of aliphatic imine (C=N–C) groups is 1. The molecule has 150 valence electrons. The standard InChI is InChI=1S/C23H24N2O3S/c1-5-7-17-12-16(13-19(27-3)21(17)28-4)14-20-22(26)25-23(29-20)24-18-10-8-15(6-2)9-11-18/h5,8-14H,1,6-7H2,2-4H3,(H,24,25,26)/b20-14-. The number of aryl methyl sites for hydroxylation is 1. The van der Waals surface area contributed by atoms with Crippen LogP contribution in [0.2, 0.25) is 0 Å². The molecular formula is C23H24N2O3S. The third kappa shape index (κ3) is 4.90. The van der Waals surface area contributed by atoms with Crippen LogP contribution in [-0.2, 0) is 17.6 Å². The lowest BCUT2D eigenvalue weighted by molar-refractivity contribution is -0.115. The highest BCUT2D eigenvalue weighted by Crippen LogP contribution is 2.35. The molecule has 0 spiro atoms. The third-order valence-corrected chi connectivity index (χ3v) is 5.38. The van der Waals surface area contributed by atoms with Crippen LogP contribution in [0, 0.1) is 0 Å². The van der Waals surface area contributed by atoms with E-state index in [1.54, 1.807) is 20.3 Å². The van der Waals surface area contributed by atoms with E-state index < -0.39 is 0 Å². The molecule has 6 heteroatoms. The van der Waals surface area contributed by atoms with Crippen molar-refractivity contribution in [3.05, 3.63) is 70.6 Å². The fourth-order valence-corrected chi connectivity index (χ4v) is 3.85. The van der Waals surface area contributed by atoms with Crippen LogP contribution in [-0.4, -0.2) is 25.3 Å². The van der Waals surface area contributed by atoms with Gasteiger partial charge in [0.15, 0.2) is 16.7 Å². The molecule has 0 atom stereocenters. The van der Waals surface area contributed by atoms with Gasteiger partial charge in [-0.3, -0.25) is 4.79 Å². The lowest BCUT2D eigenvalue weighted by Gasteiger charge is -2.13. The zero-order valence-corrected chi connectivity index (χ0v) is 17.6. The van der Waals surface area contributed by atoms with Gasteiger partial charge in [-0.15, -0.1) is 6.58 Å². The Morgan fingerprint density at radius 1 is 1.17 bits per heavy atom. The molecule has 1 heterocycles. The first-order valence-corrected chi connectivity index (χ1v) is 10.1. The number of thioether (sulfide) groups is 1. The van der Waals surface area contributed by atoms with Crippen molar-refractivity contribution in [2.45, 2.75) is 19.8 Å². The van der Waals surface area contributed by atoms with Gasteiger partial charge < -0.3 is 14.8 Å². The Hall–Kier alpha value is -2.99. The van der Waals surface area contributed by atoms with E-state index >= 15 is 0 Å². The lowest BCUT2D eigenvalue weighted by atomic mass is 10.0. The SMILES string of the molecule is C=CCc1cc(/C=C2\SC(=Nc3ccc(CC)cc3)NC2=O)cc(OC)c1OC. The molecule has 1 aliphatic heterocycles. The highest BCUT2D eigenvalue weighted by atomic mass is 32.2. The molecule has 0 aromatic heterocycles. The number of hydrogen-bond donors (Lipinski definition) is 1. The Balaban J connectivity index is 1.88. The summed E-state index contributed by atoms with van der Waals surface area (Å²) >= 11 is 1.32. The Morgan fingerprint density at radius 3 is 2.55 bits per heavy atom. The fourth-order valence-electron chi connectivity index (χ4n) is 3.01. The first-order chi connectivity index (χ1) is 14.1. The molecule has 0 radical (unpaired) electrons. The second-order valence-electron chi connectivity index (χ2n) is 6.41. The molecule has 1 saturated heterocycles. The van der Waals surface area contributed by atoms with E-state index in [0.29, 0.717) is 28.0 Å². The van der Waals surface area contributed by atoms with Gasteiger partial charge in [0.1, 0.15) is 0 Å². The van der Waals surface area contributed by atoms with Crippen molar-refractivity contribution < 1.29 is 14.3 Å². The fraction of sp³-hybridized carbons (Fsp3) is 0.217. The summed E-state index contributed by atoms with van der Waals surface area (Å²) < 4.78 is 10.9. The first-order valence-electron chi connectivity index (χ1n) is 9.32. The smallest absolute Gasteiger partial charge is 0.264 e. The summed E-state index contributed by atoms with van der Waals surface area (Å²) in [4.78, 5) is 17.5. The normalized spacial score (nSPS) is 16.2. The highest BCUT2D eigenvalue weighted by Gasteiger charge is 2.24. The molecule has 0 unspecified atom stereocenters. The van der Waals surface area contributed by atoms with Gasteiger partial charge in [-0.25, -0.2) is 4.99 Å². The summed E-state index contributed by atoms with van der Waals surface area (Å²) in [6.07, 6.45) is 5.25. The number of carbonyl (C=O) groups excluding carboxylic acids is 1. The van der Waals surface area contributed by atoms with Crippen LogP contribution in [0.5, 0.6) is 11.5 Å². The molecule has 1 amide bonds. The van der Waals surface area contributed by atoms with Gasteiger partial charge in [-0.05, 0) is 66.1 Å². The van der Waals surface area contributed by atoms with E-state index in [1.807, 2.05) is 42.5 Å². The second-order valence-corrected chi connectivity index (χ2v) is 7.44. The molecule has 2 aromatic rings. The topological polar surface area (TPSA) is 59.9 Å². The molecule has 1 fully saturated rings. The van der Waals surface area contributed by atoms with E-state index in [2.05, 4.69) is 23.8 Å². The minimum atomic E-state index is -0.168. The van der Waals surface area contributed by atoms with Crippen molar-refractivity contribution in [1.82, 2.24) is 5.32 Å². The minimum Gasteiger partial charge on any atom is -0.493 e. The minimum absolute atomic E-state index is 0.168. The Bertz CT molecular complexity index is 978. The number of amidine groups is 1. The summed E-state index contributed by atoms with van der Waals surface area (Å²) in [6, 6.07) is 11.8. The average Bonchev–Trinajstić information content (AvgIpc) is 3.07. The van der Waals surface area contributed by atoms with Crippen molar-refractivity contribution in [2.24, 2.45) is 4.99 Å². The summed E-state index contributed by atoms with van der Waals surface area (Å²) in [5, 5.41) is 3.39. The van der Waals surface area contributed by atoms with Crippen LogP contribution in [0.25, 0.3) is 6.08 Å². The zero-order chi connectivity index (χ0) is 20.8. The Kier molecular flexibility index (Phi) is 6.77. The number of rotatable bonds is 7. The molecule has 29 heavy (non-hydrogen) atoms. The van der Waals surface area contributed by atoms with Crippen molar-refractivity contribution in [1.29, 1.82) is 0 Å². The number of nitrogens with zero attached hydrogens (tertiary/aromatic N) is 1. The Labute approximate surface area is 175 Å². The van der Waals surface area contributed by atoms with Gasteiger partial charge in [-0.1, -0.05) is 25.1 Å². The van der Waals surface area contributed by atoms with Gasteiger partial charge in [0.2, 0.25) is 0 Å². The maximum Gasteiger partial charge on any atom is 0.264 e. The maximum atomic E-state index is 12.4. The summed E-state index contributed by atoms with van der Waals surface area (Å²) in [6.45, 7) is 5.91. The molecule has 5 nitrogen and oxygen atoms in total. The van der Waals surface area contributed by atoms with Crippen LogP contribution >= 0.6 is 11.8 Å². The van der Waals surface area contributed by atoms with Gasteiger partial charge in [0.05, 0.1) is 24.8 Å². The predicted octanol–water partition coefficient (Wildman–Crippen LogP) is 4.89. The van der Waals surface area contributed by atoms with E-state index in [-0.39, 0.29) is 5.91 Å². The van der Waals surface area contributed by atoms with Gasteiger partial charge >= 0.3 is 0 Å².